The first-order valence-electron chi connectivity index (χ1n) is 12.3. The first kappa shape index (κ1) is 22.3. The number of benzene rings is 1. The molecule has 2 aromatic rings. The smallest absolute Gasteiger partial charge is 0.309 e. The van der Waals surface area contributed by atoms with E-state index in [2.05, 4.69) is 29.4 Å². The van der Waals surface area contributed by atoms with Crippen molar-refractivity contribution in [2.45, 2.75) is 38.7 Å². The van der Waals surface area contributed by atoms with E-state index in [0.717, 1.165) is 29.8 Å². The van der Waals surface area contributed by atoms with Gasteiger partial charge < -0.3 is 10.1 Å². The highest BCUT2D eigenvalue weighted by molar-refractivity contribution is 5.75. The summed E-state index contributed by atoms with van der Waals surface area (Å²) < 4.78 is 19.3. The second kappa shape index (κ2) is 9.38. The van der Waals surface area contributed by atoms with Gasteiger partial charge in [0.2, 0.25) is 0 Å². The summed E-state index contributed by atoms with van der Waals surface area (Å²) in [7, 11) is 2.02. The highest BCUT2D eigenvalue weighted by Gasteiger charge is 2.54. The minimum Gasteiger partial charge on any atom is -0.462 e. The molecule has 0 bridgehead atoms. The predicted octanol–water partition coefficient (Wildman–Crippen LogP) is 5.35. The number of nitrogens with one attached hydrogen (secondary N) is 1. The molecule has 2 aliphatic carbocycles. The standard InChI is InChI=1S/C28H33FN2O2/c1-17-27-25(11-9-23-8-7-20(16-31-23)19-4-3-5-22(29)13-19)24-10-6-18(15-30-2)12-21(24)14-26(27)28(32)33-17/h3-5,7-9,11,13,16-18,21,24-27,30H,6,10,12,14-15H2,1-2H3/b11-9+/t17-,18-,21+,24-,25+,26-,27+/m1/s1. The van der Waals surface area contributed by atoms with Crippen molar-refractivity contribution >= 4 is 12.0 Å². The Hall–Kier alpha value is -2.53. The second-order valence-electron chi connectivity index (χ2n) is 10.1. The average molecular weight is 449 g/mol. The molecule has 0 amide bonds. The molecule has 7 atom stereocenters. The number of carbonyl (C=O) groups excluding carboxylic acids is 1. The Kier molecular flexibility index (Phi) is 6.33. The minimum atomic E-state index is -0.246. The molecule has 1 N–H and O–H groups in total. The molecule has 2 saturated carbocycles. The van der Waals surface area contributed by atoms with E-state index in [1.165, 1.54) is 31.4 Å². The number of esters is 1. The van der Waals surface area contributed by atoms with E-state index < -0.39 is 0 Å². The highest BCUT2D eigenvalue weighted by Crippen LogP contribution is 2.54. The molecular formula is C28H33FN2O2. The number of aromatic nitrogens is 1. The van der Waals surface area contributed by atoms with Crippen LogP contribution < -0.4 is 5.32 Å². The topological polar surface area (TPSA) is 51.2 Å². The zero-order chi connectivity index (χ0) is 22.9. The van der Waals surface area contributed by atoms with Crippen LogP contribution in [0.15, 0.2) is 48.7 Å². The van der Waals surface area contributed by atoms with Crippen molar-refractivity contribution in [2.75, 3.05) is 13.6 Å². The third-order valence-corrected chi connectivity index (χ3v) is 8.18. The molecule has 5 rings (SSSR count). The normalized spacial score (nSPS) is 33.5. The zero-order valence-corrected chi connectivity index (χ0v) is 19.4. The lowest BCUT2D eigenvalue weighted by atomic mass is 9.56. The van der Waals surface area contributed by atoms with E-state index in [0.29, 0.717) is 23.7 Å². The van der Waals surface area contributed by atoms with Crippen LogP contribution in [-0.4, -0.2) is 30.6 Å². The lowest BCUT2D eigenvalue weighted by molar-refractivity contribution is -0.144. The maximum absolute atomic E-state index is 13.6. The molecule has 1 aliphatic heterocycles. The Bertz CT molecular complexity index is 1020. The van der Waals surface area contributed by atoms with Gasteiger partial charge in [-0.3, -0.25) is 9.78 Å². The monoisotopic (exact) mass is 448 g/mol. The molecule has 1 aromatic carbocycles. The van der Waals surface area contributed by atoms with Gasteiger partial charge in [0.25, 0.3) is 0 Å². The van der Waals surface area contributed by atoms with E-state index in [1.807, 2.05) is 25.2 Å². The number of fused-ring (bicyclic) bond motifs is 2. The largest absolute Gasteiger partial charge is 0.462 e. The fraction of sp³-hybridized carbons (Fsp3) is 0.500. The number of ether oxygens (including phenoxy) is 1. The quantitative estimate of drug-likeness (QED) is 0.627. The Morgan fingerprint density at radius 2 is 2.06 bits per heavy atom. The van der Waals surface area contributed by atoms with Crippen LogP contribution in [0.1, 0.15) is 38.3 Å². The number of allylic oxidation sites excluding steroid dienone is 1. The Balaban J connectivity index is 1.37. The van der Waals surface area contributed by atoms with Crippen LogP contribution in [0.2, 0.25) is 0 Å². The summed E-state index contributed by atoms with van der Waals surface area (Å²) in [5.74, 6) is 2.23. The fourth-order valence-electron chi connectivity index (χ4n) is 6.74. The summed E-state index contributed by atoms with van der Waals surface area (Å²) in [6.45, 7) is 3.11. The molecule has 3 aliphatic rings. The van der Waals surface area contributed by atoms with Gasteiger partial charge in [0.05, 0.1) is 11.6 Å². The van der Waals surface area contributed by atoms with Gasteiger partial charge in [0.15, 0.2) is 0 Å². The van der Waals surface area contributed by atoms with Crippen molar-refractivity contribution in [1.29, 1.82) is 0 Å². The van der Waals surface area contributed by atoms with Crippen molar-refractivity contribution in [3.63, 3.8) is 0 Å². The van der Waals surface area contributed by atoms with Gasteiger partial charge in [-0.1, -0.05) is 24.3 Å². The van der Waals surface area contributed by atoms with Crippen LogP contribution in [-0.2, 0) is 9.53 Å². The second-order valence-corrected chi connectivity index (χ2v) is 10.1. The number of pyridine rings is 1. The molecular weight excluding hydrogens is 415 g/mol. The van der Waals surface area contributed by atoms with Crippen LogP contribution in [0.5, 0.6) is 0 Å². The summed E-state index contributed by atoms with van der Waals surface area (Å²) in [5, 5.41) is 3.34. The number of cyclic esters (lactones) is 1. The van der Waals surface area contributed by atoms with E-state index in [-0.39, 0.29) is 29.7 Å². The van der Waals surface area contributed by atoms with E-state index in [4.69, 9.17) is 4.74 Å². The summed E-state index contributed by atoms with van der Waals surface area (Å²) in [6, 6.07) is 10.5. The van der Waals surface area contributed by atoms with Gasteiger partial charge >= 0.3 is 5.97 Å². The van der Waals surface area contributed by atoms with Crippen LogP contribution in [0.3, 0.4) is 0 Å². The molecule has 4 nitrogen and oxygen atoms in total. The zero-order valence-electron chi connectivity index (χ0n) is 19.4. The van der Waals surface area contributed by atoms with Gasteiger partial charge in [-0.2, -0.15) is 0 Å². The van der Waals surface area contributed by atoms with Gasteiger partial charge in [-0.25, -0.2) is 4.39 Å². The highest BCUT2D eigenvalue weighted by atomic mass is 19.1. The van der Waals surface area contributed by atoms with E-state index >= 15 is 0 Å². The average Bonchev–Trinajstić information content (AvgIpc) is 3.10. The molecule has 1 aromatic heterocycles. The van der Waals surface area contributed by atoms with Crippen LogP contribution >= 0.6 is 0 Å². The molecule has 5 heteroatoms. The summed E-state index contributed by atoms with van der Waals surface area (Å²) in [5.41, 5.74) is 2.61. The third kappa shape index (κ3) is 4.48. The molecule has 1 saturated heterocycles. The number of nitrogens with zero attached hydrogens (tertiary/aromatic N) is 1. The SMILES string of the molecule is CNC[C@@H]1CC[C@@H]2[C@@H](C1)C[C@H]1C(=O)O[C@H](C)[C@H]1[C@H]2/C=C/c1ccc(-c2cccc(F)c2)cn1. The molecule has 0 unspecified atom stereocenters. The van der Waals surface area contributed by atoms with Crippen molar-refractivity contribution in [1.82, 2.24) is 10.3 Å². The third-order valence-electron chi connectivity index (χ3n) is 8.18. The first-order chi connectivity index (χ1) is 16.0. The predicted molar refractivity (Wildman–Crippen MR) is 128 cm³/mol. The van der Waals surface area contributed by atoms with Crippen LogP contribution in [0.25, 0.3) is 17.2 Å². The van der Waals surface area contributed by atoms with Gasteiger partial charge in [0.1, 0.15) is 11.9 Å². The van der Waals surface area contributed by atoms with Gasteiger partial charge in [0, 0.05) is 17.7 Å². The first-order valence-corrected chi connectivity index (χ1v) is 12.3. The molecule has 0 spiro atoms. The number of hydrogen-bond acceptors (Lipinski definition) is 4. The van der Waals surface area contributed by atoms with Gasteiger partial charge in [-0.05, 0) is 99.7 Å². The van der Waals surface area contributed by atoms with E-state index in [1.54, 1.807) is 12.3 Å². The molecule has 33 heavy (non-hydrogen) atoms. The number of rotatable bonds is 5. The van der Waals surface area contributed by atoms with Crippen molar-refractivity contribution in [3.05, 3.63) is 60.2 Å². The molecule has 2 heterocycles. The Morgan fingerprint density at radius 3 is 2.82 bits per heavy atom. The fourth-order valence-corrected chi connectivity index (χ4v) is 6.74. The lowest BCUT2D eigenvalue weighted by Crippen LogP contribution is -2.44. The Labute approximate surface area is 195 Å². The van der Waals surface area contributed by atoms with Crippen LogP contribution in [0.4, 0.5) is 4.39 Å². The van der Waals surface area contributed by atoms with Crippen LogP contribution in [0, 0.1) is 41.3 Å². The Morgan fingerprint density at radius 1 is 1.18 bits per heavy atom. The summed E-state index contributed by atoms with van der Waals surface area (Å²) in [6.07, 6.45) is 10.8. The van der Waals surface area contributed by atoms with E-state index in [9.17, 15) is 9.18 Å². The van der Waals surface area contributed by atoms with Gasteiger partial charge in [-0.15, -0.1) is 0 Å². The minimum absolute atomic E-state index is 0.00217. The molecule has 3 fully saturated rings. The molecule has 174 valence electrons. The molecule has 0 radical (unpaired) electrons. The van der Waals surface area contributed by atoms with Crippen molar-refractivity contribution in [3.8, 4) is 11.1 Å². The van der Waals surface area contributed by atoms with Crippen molar-refractivity contribution < 1.29 is 13.9 Å². The number of carbonyl (C=O) groups is 1. The summed E-state index contributed by atoms with van der Waals surface area (Å²) >= 11 is 0. The maximum atomic E-state index is 13.6. The summed E-state index contributed by atoms with van der Waals surface area (Å²) in [4.78, 5) is 17.2. The van der Waals surface area contributed by atoms with Crippen molar-refractivity contribution in [2.24, 2.45) is 35.5 Å². The number of halogens is 1. The number of hydrogen-bond donors (Lipinski definition) is 1. The lowest BCUT2D eigenvalue weighted by Gasteiger charge is -2.47. The maximum Gasteiger partial charge on any atom is 0.309 e.